The van der Waals surface area contributed by atoms with Gasteiger partial charge in [-0.3, -0.25) is 9.32 Å². The number of phosphoric ester groups is 1. The monoisotopic (exact) mass is 537 g/mol. The largest absolute Gasteiger partial charge is 0.490 e. The number of nitrogens with one attached hydrogen (secondary N) is 1. The van der Waals surface area contributed by atoms with Gasteiger partial charge < -0.3 is 44.7 Å². The summed E-state index contributed by atoms with van der Waals surface area (Å²) in [6, 6.07) is 0. The van der Waals surface area contributed by atoms with Gasteiger partial charge >= 0.3 is 23.5 Å². The summed E-state index contributed by atoms with van der Waals surface area (Å²) in [4.78, 5) is 52.2. The Hall–Kier alpha value is -1.29. The van der Waals surface area contributed by atoms with Crippen molar-refractivity contribution in [1.29, 1.82) is 0 Å². The van der Waals surface area contributed by atoms with E-state index in [-0.39, 0.29) is 17.6 Å². The van der Waals surface area contributed by atoms with E-state index in [9.17, 15) is 33.6 Å². The smallest absolute Gasteiger partial charge is 0.387 e. The zero-order valence-electron chi connectivity index (χ0n) is 17.0. The van der Waals surface area contributed by atoms with Crippen molar-refractivity contribution in [2.75, 3.05) is 6.61 Å². The van der Waals surface area contributed by atoms with Crippen LogP contribution in [-0.2, 0) is 36.4 Å². The van der Waals surface area contributed by atoms with Crippen molar-refractivity contribution < 1.29 is 66.2 Å². The first kappa shape index (κ1) is 28.0. The summed E-state index contributed by atoms with van der Waals surface area (Å²) in [7, 11) is -16.7. The Labute approximate surface area is 186 Å². The van der Waals surface area contributed by atoms with Crippen molar-refractivity contribution in [3.8, 4) is 0 Å². The van der Waals surface area contributed by atoms with Crippen molar-refractivity contribution in [2.45, 2.75) is 38.4 Å². The average Bonchev–Trinajstić information content (AvgIpc) is 2.87. The van der Waals surface area contributed by atoms with Crippen LogP contribution in [0.3, 0.4) is 0 Å². The second kappa shape index (κ2) is 10.1. The van der Waals surface area contributed by atoms with Crippen LogP contribution in [0.1, 0.15) is 13.8 Å². The molecular formula is C13H22N3O14P3. The van der Waals surface area contributed by atoms with E-state index in [4.69, 9.17) is 19.4 Å². The van der Waals surface area contributed by atoms with E-state index in [0.29, 0.717) is 5.57 Å². The maximum Gasteiger partial charge on any atom is 0.490 e. The maximum atomic E-state index is 11.8. The fourth-order valence-electron chi connectivity index (χ4n) is 2.70. The SMILES string of the molecule is C=C1N=C(NC(C)=O)C(C)=CN1C1OC(COP(=O)(O)OP(=O)(O)OP(=O)(O)O)C(O)C1O. The first-order valence-electron chi connectivity index (χ1n) is 8.73. The molecule has 0 aromatic carbocycles. The van der Waals surface area contributed by atoms with Crippen LogP contribution < -0.4 is 5.32 Å². The molecule has 0 aromatic heterocycles. The average molecular weight is 537 g/mol. The summed E-state index contributed by atoms with van der Waals surface area (Å²) in [6.07, 6.45) is -4.68. The number of phosphoric acid groups is 3. The van der Waals surface area contributed by atoms with E-state index >= 15 is 0 Å². The summed E-state index contributed by atoms with van der Waals surface area (Å²) >= 11 is 0. The molecule has 1 saturated heterocycles. The van der Waals surface area contributed by atoms with Crippen molar-refractivity contribution in [1.82, 2.24) is 10.2 Å². The van der Waals surface area contributed by atoms with Crippen molar-refractivity contribution in [3.63, 3.8) is 0 Å². The number of carbonyl (C=O) groups excluding carboxylic acids is 1. The number of hydrogen-bond donors (Lipinski definition) is 7. The van der Waals surface area contributed by atoms with Crippen LogP contribution in [-0.4, -0.2) is 77.6 Å². The quantitative estimate of drug-likeness (QED) is 0.183. The predicted octanol–water partition coefficient (Wildman–Crippen LogP) is -0.998. The lowest BCUT2D eigenvalue weighted by atomic mass is 10.1. The summed E-state index contributed by atoms with van der Waals surface area (Å²) in [5.41, 5.74) is 0.444. The molecule has 1 fully saturated rings. The molecule has 17 nitrogen and oxygen atoms in total. The maximum absolute atomic E-state index is 11.8. The fraction of sp³-hybridized carbons (Fsp3) is 0.538. The van der Waals surface area contributed by atoms with Gasteiger partial charge in [-0.25, -0.2) is 18.7 Å². The molecule has 2 heterocycles. The van der Waals surface area contributed by atoms with Gasteiger partial charge in [-0.05, 0) is 6.92 Å². The lowest BCUT2D eigenvalue weighted by Gasteiger charge is -2.32. The van der Waals surface area contributed by atoms with Gasteiger partial charge in [0.1, 0.15) is 30.0 Å². The highest BCUT2D eigenvalue weighted by atomic mass is 31.3. The Morgan fingerprint density at radius 2 is 1.79 bits per heavy atom. The molecule has 20 heteroatoms. The molecular weight excluding hydrogens is 515 g/mol. The number of amides is 1. The minimum Gasteiger partial charge on any atom is -0.387 e. The van der Waals surface area contributed by atoms with Crippen LogP contribution in [0.5, 0.6) is 0 Å². The molecule has 6 unspecified atom stereocenters. The van der Waals surface area contributed by atoms with Gasteiger partial charge in [0, 0.05) is 18.7 Å². The molecule has 0 spiro atoms. The zero-order valence-corrected chi connectivity index (χ0v) is 19.7. The zero-order chi connectivity index (χ0) is 25.4. The van der Waals surface area contributed by atoms with Gasteiger partial charge in [0.25, 0.3) is 0 Å². The second-order valence-electron chi connectivity index (χ2n) is 6.71. The standard InChI is InChI=1S/C13H22N3O14P3/c1-6-4-16(7(2)14-12(6)15-8(3)17)13-11(19)10(18)9(28-13)5-27-32(23,24)30-33(25,26)29-31(20,21)22/h4,9-11,13,18-19H,2,5H2,1,3H3,(H,23,24)(H,25,26)(H,14,15,17)(H2,20,21,22). The molecule has 0 aliphatic carbocycles. The van der Waals surface area contributed by atoms with E-state index in [1.165, 1.54) is 18.0 Å². The first-order chi connectivity index (χ1) is 14.9. The predicted molar refractivity (Wildman–Crippen MR) is 106 cm³/mol. The molecule has 0 radical (unpaired) electrons. The van der Waals surface area contributed by atoms with Crippen LogP contribution in [0.4, 0.5) is 0 Å². The van der Waals surface area contributed by atoms with Crippen LogP contribution >= 0.6 is 23.5 Å². The lowest BCUT2D eigenvalue weighted by molar-refractivity contribution is -0.117. The minimum atomic E-state index is -5.72. The van der Waals surface area contributed by atoms with E-state index in [1.54, 1.807) is 6.92 Å². The van der Waals surface area contributed by atoms with Crippen LogP contribution in [0.2, 0.25) is 0 Å². The third kappa shape index (κ3) is 7.87. The Balaban J connectivity index is 2.05. The summed E-state index contributed by atoms with van der Waals surface area (Å²) in [6.45, 7) is 5.55. The van der Waals surface area contributed by atoms with E-state index in [1.807, 2.05) is 0 Å². The van der Waals surface area contributed by atoms with Gasteiger partial charge in [0.15, 0.2) is 6.23 Å². The summed E-state index contributed by atoms with van der Waals surface area (Å²) in [5.74, 6) is -0.183. The second-order valence-corrected chi connectivity index (χ2v) is 11.1. The molecule has 0 bridgehead atoms. The van der Waals surface area contributed by atoms with Crippen molar-refractivity contribution in [3.05, 3.63) is 24.2 Å². The Morgan fingerprint density at radius 1 is 1.18 bits per heavy atom. The van der Waals surface area contributed by atoms with Gasteiger partial charge in [0.2, 0.25) is 5.91 Å². The summed E-state index contributed by atoms with van der Waals surface area (Å²) in [5, 5.41) is 23.0. The highest BCUT2D eigenvalue weighted by Gasteiger charge is 2.48. The Bertz CT molecular complexity index is 1010. The van der Waals surface area contributed by atoms with Crippen molar-refractivity contribution in [2.24, 2.45) is 4.99 Å². The van der Waals surface area contributed by atoms with Gasteiger partial charge in [0.05, 0.1) is 6.61 Å². The fourth-order valence-corrected chi connectivity index (χ4v) is 5.73. The van der Waals surface area contributed by atoms with E-state index in [2.05, 4.69) is 30.0 Å². The van der Waals surface area contributed by atoms with Gasteiger partial charge in [-0.1, -0.05) is 6.58 Å². The van der Waals surface area contributed by atoms with Crippen LogP contribution in [0.15, 0.2) is 29.2 Å². The molecule has 188 valence electrons. The molecule has 33 heavy (non-hydrogen) atoms. The van der Waals surface area contributed by atoms with Crippen LogP contribution in [0, 0.1) is 0 Å². The Morgan fingerprint density at radius 3 is 2.33 bits per heavy atom. The topological polar surface area (TPSA) is 254 Å². The highest BCUT2D eigenvalue weighted by Crippen LogP contribution is 2.66. The first-order valence-corrected chi connectivity index (χ1v) is 13.3. The van der Waals surface area contributed by atoms with E-state index in [0.717, 1.165) is 0 Å². The Kier molecular flexibility index (Phi) is 8.59. The number of aliphatic hydroxyl groups is 2. The number of hydrogen-bond acceptors (Lipinski definition) is 12. The lowest BCUT2D eigenvalue weighted by Crippen LogP contribution is -2.43. The number of carbonyl (C=O) groups is 1. The van der Waals surface area contributed by atoms with Crippen molar-refractivity contribution >= 4 is 35.2 Å². The van der Waals surface area contributed by atoms with Gasteiger partial charge in [-0.2, -0.15) is 8.62 Å². The summed E-state index contributed by atoms with van der Waals surface area (Å²) < 4.78 is 50.8. The third-order valence-electron chi connectivity index (χ3n) is 3.97. The van der Waals surface area contributed by atoms with E-state index < -0.39 is 54.6 Å². The molecule has 2 aliphatic heterocycles. The molecule has 1 amide bonds. The molecule has 2 rings (SSSR count). The molecule has 6 atom stereocenters. The number of ether oxygens (including phenoxy) is 1. The number of aliphatic hydroxyl groups excluding tert-OH is 2. The number of amidine groups is 1. The minimum absolute atomic E-state index is 0.00846. The highest BCUT2D eigenvalue weighted by molar-refractivity contribution is 7.66. The van der Waals surface area contributed by atoms with Crippen LogP contribution in [0.25, 0.3) is 0 Å². The number of aliphatic imine (C=N–C) groups is 1. The molecule has 7 N–H and O–H groups in total. The third-order valence-corrected chi connectivity index (χ3v) is 7.77. The number of rotatable bonds is 8. The molecule has 0 aromatic rings. The normalized spacial score (nSPS) is 29.7. The number of nitrogens with zero attached hydrogens (tertiary/aromatic N) is 2. The van der Waals surface area contributed by atoms with Gasteiger partial charge in [-0.15, -0.1) is 0 Å². The molecule has 2 aliphatic rings. The molecule has 0 saturated carbocycles.